The highest BCUT2D eigenvalue weighted by molar-refractivity contribution is 7.13. The van der Waals surface area contributed by atoms with Crippen LogP contribution in [-0.4, -0.2) is 10.9 Å². The SMILES string of the molecule is Cc1ccc2nc(-c3cccs3)cc(C(=O)Nc3ccc(C)c(C)c3)c2c1. The van der Waals surface area contributed by atoms with Crippen LogP contribution in [0.25, 0.3) is 21.5 Å². The topological polar surface area (TPSA) is 42.0 Å². The number of hydrogen-bond acceptors (Lipinski definition) is 3. The van der Waals surface area contributed by atoms with Crippen LogP contribution in [0.2, 0.25) is 0 Å². The van der Waals surface area contributed by atoms with Gasteiger partial charge in [-0.3, -0.25) is 4.79 Å². The molecule has 0 radical (unpaired) electrons. The maximum Gasteiger partial charge on any atom is 0.256 e. The Kier molecular flexibility index (Phi) is 4.50. The normalized spacial score (nSPS) is 10.9. The highest BCUT2D eigenvalue weighted by atomic mass is 32.1. The van der Waals surface area contributed by atoms with Crippen molar-refractivity contribution in [2.45, 2.75) is 20.8 Å². The van der Waals surface area contributed by atoms with E-state index in [1.165, 1.54) is 5.56 Å². The largest absolute Gasteiger partial charge is 0.322 e. The fraction of sp³-hybridized carbons (Fsp3) is 0.130. The minimum atomic E-state index is -0.117. The molecule has 0 saturated heterocycles. The number of fused-ring (bicyclic) bond motifs is 1. The summed E-state index contributed by atoms with van der Waals surface area (Å²) >= 11 is 1.62. The zero-order chi connectivity index (χ0) is 19.0. The summed E-state index contributed by atoms with van der Waals surface area (Å²) in [5.41, 5.74) is 6.57. The second kappa shape index (κ2) is 6.97. The van der Waals surface area contributed by atoms with Gasteiger partial charge in [0.25, 0.3) is 5.91 Å². The molecule has 2 aromatic heterocycles. The van der Waals surface area contributed by atoms with Crippen molar-refractivity contribution >= 4 is 33.8 Å². The summed E-state index contributed by atoms with van der Waals surface area (Å²) in [5.74, 6) is -0.117. The third kappa shape index (κ3) is 3.49. The van der Waals surface area contributed by atoms with Gasteiger partial charge in [-0.05, 0) is 73.7 Å². The first kappa shape index (κ1) is 17.4. The van der Waals surface area contributed by atoms with Crippen LogP contribution in [0.3, 0.4) is 0 Å². The molecule has 4 heteroatoms. The minimum absolute atomic E-state index is 0.117. The molecule has 0 bridgehead atoms. The van der Waals surface area contributed by atoms with Crippen molar-refractivity contribution in [2.75, 3.05) is 5.32 Å². The van der Waals surface area contributed by atoms with Crippen molar-refractivity contribution in [3.05, 3.63) is 82.2 Å². The zero-order valence-corrected chi connectivity index (χ0v) is 16.4. The summed E-state index contributed by atoms with van der Waals surface area (Å²) in [6.45, 7) is 6.14. The Morgan fingerprint density at radius 1 is 0.963 bits per heavy atom. The maximum absolute atomic E-state index is 13.1. The molecule has 2 heterocycles. The van der Waals surface area contributed by atoms with Crippen molar-refractivity contribution in [2.24, 2.45) is 0 Å². The second-order valence-corrected chi connectivity index (χ2v) is 7.75. The number of aryl methyl sites for hydroxylation is 3. The molecule has 0 saturated carbocycles. The number of carbonyl (C=O) groups is 1. The van der Waals surface area contributed by atoms with Gasteiger partial charge in [-0.1, -0.05) is 23.8 Å². The lowest BCUT2D eigenvalue weighted by atomic mass is 10.0. The number of thiophene rings is 1. The van der Waals surface area contributed by atoms with Crippen LogP contribution in [0.15, 0.2) is 60.0 Å². The third-order valence-corrected chi connectivity index (χ3v) is 5.64. The predicted molar refractivity (Wildman–Crippen MR) is 114 cm³/mol. The fourth-order valence-corrected chi connectivity index (χ4v) is 3.78. The van der Waals surface area contributed by atoms with Gasteiger partial charge in [-0.25, -0.2) is 4.98 Å². The molecule has 0 aliphatic heterocycles. The molecule has 4 aromatic rings. The number of nitrogens with zero attached hydrogens (tertiary/aromatic N) is 1. The molecule has 27 heavy (non-hydrogen) atoms. The van der Waals surface area contributed by atoms with Crippen molar-refractivity contribution in [1.29, 1.82) is 0 Å². The molecule has 134 valence electrons. The van der Waals surface area contributed by atoms with Gasteiger partial charge >= 0.3 is 0 Å². The van der Waals surface area contributed by atoms with E-state index in [2.05, 4.69) is 12.2 Å². The Morgan fingerprint density at radius 2 is 1.81 bits per heavy atom. The summed E-state index contributed by atoms with van der Waals surface area (Å²) in [7, 11) is 0. The van der Waals surface area contributed by atoms with Crippen LogP contribution in [0.5, 0.6) is 0 Å². The number of carbonyl (C=O) groups excluding carboxylic acids is 1. The number of rotatable bonds is 3. The molecule has 0 fully saturated rings. The Bertz CT molecular complexity index is 1150. The van der Waals surface area contributed by atoms with Crippen LogP contribution in [-0.2, 0) is 0 Å². The van der Waals surface area contributed by atoms with E-state index in [-0.39, 0.29) is 5.91 Å². The maximum atomic E-state index is 13.1. The van der Waals surface area contributed by atoms with E-state index in [4.69, 9.17) is 4.98 Å². The van der Waals surface area contributed by atoms with Crippen molar-refractivity contribution in [3.8, 4) is 10.6 Å². The molecule has 1 N–H and O–H groups in total. The molecular weight excluding hydrogens is 352 g/mol. The first-order valence-corrected chi connectivity index (χ1v) is 9.73. The second-order valence-electron chi connectivity index (χ2n) is 6.81. The van der Waals surface area contributed by atoms with Gasteiger partial charge in [0.05, 0.1) is 21.7 Å². The lowest BCUT2D eigenvalue weighted by Gasteiger charge is -2.11. The van der Waals surface area contributed by atoms with Gasteiger partial charge in [-0.15, -0.1) is 11.3 Å². The summed E-state index contributed by atoms with van der Waals surface area (Å²) < 4.78 is 0. The Morgan fingerprint density at radius 3 is 2.56 bits per heavy atom. The molecule has 0 spiro atoms. The predicted octanol–water partition coefficient (Wildman–Crippen LogP) is 6.14. The molecule has 0 unspecified atom stereocenters. The van der Waals surface area contributed by atoms with Gasteiger partial charge in [-0.2, -0.15) is 0 Å². The molecule has 1 amide bonds. The third-order valence-electron chi connectivity index (χ3n) is 4.75. The Labute approximate surface area is 162 Å². The van der Waals surface area contributed by atoms with E-state index in [9.17, 15) is 4.79 Å². The van der Waals surface area contributed by atoms with Crippen LogP contribution >= 0.6 is 11.3 Å². The highest BCUT2D eigenvalue weighted by Crippen LogP contribution is 2.29. The minimum Gasteiger partial charge on any atom is -0.322 e. The van der Waals surface area contributed by atoms with Gasteiger partial charge in [0.15, 0.2) is 0 Å². The van der Waals surface area contributed by atoms with Gasteiger partial charge in [0.2, 0.25) is 0 Å². The van der Waals surface area contributed by atoms with Gasteiger partial charge in [0, 0.05) is 11.1 Å². The number of pyridine rings is 1. The summed E-state index contributed by atoms with van der Waals surface area (Å²) in [5, 5.41) is 5.94. The van der Waals surface area contributed by atoms with Crippen LogP contribution in [0, 0.1) is 20.8 Å². The fourth-order valence-electron chi connectivity index (χ4n) is 3.10. The number of aromatic nitrogens is 1. The molecule has 3 nitrogen and oxygen atoms in total. The Hall–Kier alpha value is -2.98. The number of hydrogen-bond donors (Lipinski definition) is 1. The van der Waals surface area contributed by atoms with Gasteiger partial charge < -0.3 is 5.32 Å². The lowest BCUT2D eigenvalue weighted by molar-refractivity contribution is 0.102. The van der Waals surface area contributed by atoms with Crippen LogP contribution in [0.1, 0.15) is 27.0 Å². The summed E-state index contributed by atoms with van der Waals surface area (Å²) in [4.78, 5) is 18.9. The molecule has 0 atom stereocenters. The van der Waals surface area contributed by atoms with E-state index < -0.39 is 0 Å². The summed E-state index contributed by atoms with van der Waals surface area (Å²) in [6.07, 6.45) is 0. The average molecular weight is 372 g/mol. The number of nitrogens with one attached hydrogen (secondary N) is 1. The number of benzene rings is 2. The van der Waals surface area contributed by atoms with Crippen LogP contribution < -0.4 is 5.32 Å². The molecule has 0 aliphatic carbocycles. The lowest BCUT2D eigenvalue weighted by Crippen LogP contribution is -2.13. The van der Waals surface area contributed by atoms with Crippen molar-refractivity contribution < 1.29 is 4.79 Å². The quantitative estimate of drug-likeness (QED) is 0.469. The smallest absolute Gasteiger partial charge is 0.256 e. The monoisotopic (exact) mass is 372 g/mol. The Balaban J connectivity index is 1.81. The first-order chi connectivity index (χ1) is 13.0. The van der Waals surface area contributed by atoms with Crippen molar-refractivity contribution in [1.82, 2.24) is 4.98 Å². The molecule has 2 aromatic carbocycles. The standard InChI is InChI=1S/C23H20N2OS/c1-14-6-9-20-18(11-14)19(13-21(25-20)22-5-4-10-27-22)23(26)24-17-8-7-15(2)16(3)12-17/h4-13H,1-3H3,(H,24,26). The van der Waals surface area contributed by atoms with E-state index in [0.29, 0.717) is 5.56 Å². The van der Waals surface area contributed by atoms with Crippen molar-refractivity contribution in [3.63, 3.8) is 0 Å². The summed E-state index contributed by atoms with van der Waals surface area (Å²) in [6, 6.07) is 17.9. The molecular formula is C23H20N2OS. The molecule has 0 aliphatic rings. The van der Waals surface area contributed by atoms with E-state index >= 15 is 0 Å². The number of anilines is 1. The van der Waals surface area contributed by atoms with E-state index in [1.807, 2.05) is 73.8 Å². The van der Waals surface area contributed by atoms with Crippen LogP contribution in [0.4, 0.5) is 5.69 Å². The van der Waals surface area contributed by atoms with Gasteiger partial charge in [0.1, 0.15) is 0 Å². The average Bonchev–Trinajstić information content (AvgIpc) is 3.18. The molecule has 4 rings (SSSR count). The van der Waals surface area contributed by atoms with E-state index in [1.54, 1.807) is 11.3 Å². The van der Waals surface area contributed by atoms with E-state index in [0.717, 1.165) is 38.3 Å². The highest BCUT2D eigenvalue weighted by Gasteiger charge is 2.15. The zero-order valence-electron chi connectivity index (χ0n) is 15.5. The first-order valence-electron chi connectivity index (χ1n) is 8.85. The number of amides is 1.